The van der Waals surface area contributed by atoms with Crippen molar-refractivity contribution in [2.45, 2.75) is 49.2 Å². The highest BCUT2D eigenvalue weighted by Crippen LogP contribution is 2.49. The monoisotopic (exact) mass is 489 g/mol. The zero-order valence-corrected chi connectivity index (χ0v) is 19.9. The summed E-state index contributed by atoms with van der Waals surface area (Å²) >= 11 is 0. The molecule has 2 saturated heterocycles. The number of alkyl halides is 3. The van der Waals surface area contributed by atoms with Crippen LogP contribution in [0.15, 0.2) is 48.5 Å². The Kier molecular flexibility index (Phi) is 6.42. The lowest BCUT2D eigenvalue weighted by Crippen LogP contribution is -2.82. The van der Waals surface area contributed by atoms with Crippen molar-refractivity contribution in [3.05, 3.63) is 59.7 Å². The van der Waals surface area contributed by atoms with Gasteiger partial charge in [0.05, 0.1) is 38.6 Å². The van der Waals surface area contributed by atoms with Crippen LogP contribution in [0.25, 0.3) is 0 Å². The molecule has 1 amide bonds. The molecule has 3 aliphatic rings. The number of carbonyl (C=O) groups excluding carboxylic acids is 1. The number of quaternary nitrogens is 1. The number of piperidine rings is 1. The Bertz CT molecular complexity index is 1060. The van der Waals surface area contributed by atoms with Gasteiger partial charge in [-0.3, -0.25) is 4.79 Å². The van der Waals surface area contributed by atoms with Crippen LogP contribution in [0.3, 0.4) is 0 Å². The van der Waals surface area contributed by atoms with Crippen molar-refractivity contribution >= 4 is 5.91 Å². The van der Waals surface area contributed by atoms with E-state index in [4.69, 9.17) is 9.47 Å². The Morgan fingerprint density at radius 1 is 1.20 bits per heavy atom. The summed E-state index contributed by atoms with van der Waals surface area (Å²) < 4.78 is 52.4. The largest absolute Gasteiger partial charge is 0.493 e. The van der Waals surface area contributed by atoms with Crippen LogP contribution in [0.5, 0.6) is 11.5 Å². The number of ether oxygens (including phenoxy) is 2. The average Bonchev–Trinajstić information content (AvgIpc) is 3.27. The summed E-state index contributed by atoms with van der Waals surface area (Å²) in [6.07, 6.45) is -3.66. The van der Waals surface area contributed by atoms with E-state index in [0.717, 1.165) is 11.1 Å². The van der Waals surface area contributed by atoms with Gasteiger partial charge in [-0.15, -0.1) is 0 Å². The maximum absolute atomic E-state index is 14.0. The predicted molar refractivity (Wildman–Crippen MR) is 125 cm³/mol. The highest BCUT2D eigenvalue weighted by atomic mass is 19.4. The molecule has 2 aromatic rings. The molecule has 0 aromatic heterocycles. The zero-order valence-electron chi connectivity index (χ0n) is 19.9. The lowest BCUT2D eigenvalue weighted by Gasteiger charge is -2.44. The normalized spacial score (nSPS) is 28.5. The standard InChI is InChI=1S/C27H31F3N2O3/c1-34-23-9-5-8-21-24(23)35-13-11-26(21)17-31-16-22(26)25(33)32-12-10-19(18-6-3-2-4-7-18)14-20(32)15-27(28,29)30/h2-9,19-20,22,31H,10-17H2,1H3/p+1/t19-,20+,22+,26+/m1/s1. The molecule has 0 unspecified atom stereocenters. The van der Waals surface area contributed by atoms with E-state index >= 15 is 0 Å². The number of halogens is 3. The summed E-state index contributed by atoms with van der Waals surface area (Å²) in [6.45, 7) is 2.06. The maximum Gasteiger partial charge on any atom is 0.391 e. The van der Waals surface area contributed by atoms with Crippen LogP contribution in [-0.2, 0) is 10.2 Å². The minimum Gasteiger partial charge on any atom is -0.493 e. The average molecular weight is 490 g/mol. The number of hydrogen-bond acceptors (Lipinski definition) is 3. The Morgan fingerprint density at radius 3 is 2.74 bits per heavy atom. The maximum atomic E-state index is 14.0. The number of nitrogens with two attached hydrogens (primary N) is 1. The predicted octanol–water partition coefficient (Wildman–Crippen LogP) is 3.64. The molecular formula is C27H32F3N2O3+. The van der Waals surface area contributed by atoms with E-state index in [1.165, 1.54) is 0 Å². The number of rotatable bonds is 4. The van der Waals surface area contributed by atoms with Gasteiger partial charge in [-0.25, -0.2) is 0 Å². The van der Waals surface area contributed by atoms with Gasteiger partial charge < -0.3 is 19.7 Å². The topological polar surface area (TPSA) is 55.4 Å². The van der Waals surface area contributed by atoms with Gasteiger partial charge in [0.15, 0.2) is 11.5 Å². The van der Waals surface area contributed by atoms with Gasteiger partial charge in [0.1, 0.15) is 5.92 Å². The molecule has 188 valence electrons. The Morgan fingerprint density at radius 2 is 2.00 bits per heavy atom. The molecule has 8 heteroatoms. The smallest absolute Gasteiger partial charge is 0.391 e. The number of para-hydroxylation sites is 1. The number of nitrogens with zero attached hydrogens (tertiary/aromatic N) is 1. The van der Waals surface area contributed by atoms with Crippen LogP contribution in [-0.4, -0.2) is 56.4 Å². The fourth-order valence-electron chi connectivity index (χ4n) is 6.50. The van der Waals surface area contributed by atoms with E-state index in [2.05, 4.69) is 5.32 Å². The molecule has 5 nitrogen and oxygen atoms in total. The highest BCUT2D eigenvalue weighted by Gasteiger charge is 2.56. The van der Waals surface area contributed by atoms with Crippen LogP contribution >= 0.6 is 0 Å². The molecule has 2 fully saturated rings. The highest BCUT2D eigenvalue weighted by molar-refractivity contribution is 5.82. The zero-order chi connectivity index (χ0) is 24.6. The van der Waals surface area contributed by atoms with E-state index in [9.17, 15) is 18.0 Å². The molecule has 1 spiro atoms. The van der Waals surface area contributed by atoms with Gasteiger partial charge in [0, 0.05) is 18.2 Å². The molecule has 0 bridgehead atoms. The van der Waals surface area contributed by atoms with Gasteiger partial charge in [-0.2, -0.15) is 13.2 Å². The van der Waals surface area contributed by atoms with E-state index in [1.54, 1.807) is 12.0 Å². The third kappa shape index (κ3) is 4.48. The SMILES string of the molecule is COc1cccc2c1OCC[C@]21C[NH2+]C[C@H]1C(=O)N1CC[C@@H](c2ccccc2)C[C@H]1CC(F)(F)F. The Balaban J connectivity index is 1.45. The van der Waals surface area contributed by atoms with Crippen molar-refractivity contribution in [3.63, 3.8) is 0 Å². The van der Waals surface area contributed by atoms with Gasteiger partial charge in [0.2, 0.25) is 5.91 Å². The first-order valence-electron chi connectivity index (χ1n) is 12.4. The van der Waals surface area contributed by atoms with Gasteiger partial charge in [0.25, 0.3) is 0 Å². The van der Waals surface area contributed by atoms with Crippen LogP contribution in [0.1, 0.15) is 42.7 Å². The first kappa shape index (κ1) is 24.0. The molecule has 2 N–H and O–H groups in total. The van der Waals surface area contributed by atoms with E-state index in [-0.39, 0.29) is 11.8 Å². The second kappa shape index (κ2) is 9.37. The third-order valence-electron chi connectivity index (χ3n) is 8.14. The van der Waals surface area contributed by atoms with Crippen molar-refractivity contribution in [3.8, 4) is 11.5 Å². The summed E-state index contributed by atoms with van der Waals surface area (Å²) in [7, 11) is 1.59. The molecule has 35 heavy (non-hydrogen) atoms. The van der Waals surface area contributed by atoms with Crippen molar-refractivity contribution < 1.29 is 32.8 Å². The second-order valence-corrected chi connectivity index (χ2v) is 10.0. The van der Waals surface area contributed by atoms with Crippen LogP contribution in [0.4, 0.5) is 13.2 Å². The number of benzene rings is 2. The number of hydrogen-bond donors (Lipinski definition) is 1. The summed E-state index contributed by atoms with van der Waals surface area (Å²) in [5.74, 6) is 0.739. The van der Waals surface area contributed by atoms with Crippen molar-refractivity contribution in [1.82, 2.24) is 4.90 Å². The summed E-state index contributed by atoms with van der Waals surface area (Å²) in [4.78, 5) is 15.6. The van der Waals surface area contributed by atoms with Crippen LogP contribution in [0.2, 0.25) is 0 Å². The number of fused-ring (bicyclic) bond motifs is 2. The quantitative estimate of drug-likeness (QED) is 0.714. The Labute approximate surface area is 203 Å². The first-order valence-corrected chi connectivity index (χ1v) is 12.4. The Hall–Kier alpha value is -2.74. The lowest BCUT2D eigenvalue weighted by molar-refractivity contribution is -0.640. The fraction of sp³-hybridized carbons (Fsp3) is 0.519. The number of carbonyl (C=O) groups is 1. The second-order valence-electron chi connectivity index (χ2n) is 10.0. The molecule has 4 atom stereocenters. The van der Waals surface area contributed by atoms with Gasteiger partial charge in [-0.05, 0) is 36.8 Å². The first-order chi connectivity index (χ1) is 16.8. The molecule has 0 aliphatic carbocycles. The van der Waals surface area contributed by atoms with Crippen molar-refractivity contribution in [1.29, 1.82) is 0 Å². The molecule has 2 aromatic carbocycles. The lowest BCUT2D eigenvalue weighted by atomic mass is 9.68. The molecule has 0 saturated carbocycles. The summed E-state index contributed by atoms with van der Waals surface area (Å²) in [6, 6.07) is 14.5. The summed E-state index contributed by atoms with van der Waals surface area (Å²) in [5, 5.41) is 2.12. The summed E-state index contributed by atoms with van der Waals surface area (Å²) in [5.41, 5.74) is 1.50. The number of likely N-dealkylation sites (tertiary alicyclic amines) is 1. The molecule has 5 rings (SSSR count). The third-order valence-corrected chi connectivity index (χ3v) is 8.14. The van der Waals surface area contributed by atoms with Crippen LogP contribution in [0, 0.1) is 5.92 Å². The molecule has 3 heterocycles. The van der Waals surface area contributed by atoms with Crippen molar-refractivity contribution in [2.75, 3.05) is 33.4 Å². The minimum absolute atomic E-state index is 0.0183. The van der Waals surface area contributed by atoms with Gasteiger partial charge in [-0.1, -0.05) is 42.5 Å². The van der Waals surface area contributed by atoms with Crippen molar-refractivity contribution in [2.24, 2.45) is 5.92 Å². The van der Waals surface area contributed by atoms with E-state index < -0.39 is 30.0 Å². The number of methoxy groups -OCH3 is 1. The van der Waals surface area contributed by atoms with E-state index in [1.807, 2.05) is 48.5 Å². The fourth-order valence-corrected chi connectivity index (χ4v) is 6.50. The minimum atomic E-state index is -4.33. The number of amides is 1. The van der Waals surface area contributed by atoms with E-state index in [0.29, 0.717) is 57.0 Å². The van der Waals surface area contributed by atoms with Crippen LogP contribution < -0.4 is 14.8 Å². The molecule has 0 radical (unpaired) electrons. The molecule has 3 aliphatic heterocycles. The molecular weight excluding hydrogens is 457 g/mol. The van der Waals surface area contributed by atoms with Gasteiger partial charge >= 0.3 is 6.18 Å².